The van der Waals surface area contributed by atoms with E-state index >= 15 is 0 Å². The van der Waals surface area contributed by atoms with E-state index in [1.807, 2.05) is 12.1 Å². The van der Waals surface area contributed by atoms with Crippen LogP contribution < -0.4 is 11.1 Å². The molecule has 3 N–H and O–H groups in total. The van der Waals surface area contributed by atoms with Crippen LogP contribution in [-0.4, -0.2) is 20.4 Å². The molecule has 0 saturated heterocycles. The number of nitrogens with one attached hydrogen (secondary N) is 1. The summed E-state index contributed by atoms with van der Waals surface area (Å²) < 4.78 is 29.0. The molecule has 1 amide bonds. The number of rotatable bonds is 3. The standard InChI is InChI=1S/C23H15F2N5O/c24-13-5-3-7-15(11-13)27-23(31)19-20-22(29-18-10-2-1-9-17(18)28-20)30(21(19)26)16-8-4-6-14(25)12-16/h1-12H,26H2,(H,27,31). The Morgan fingerprint density at radius 1 is 0.871 bits per heavy atom. The van der Waals surface area contributed by atoms with Crippen molar-refractivity contribution in [3.8, 4) is 5.69 Å². The molecule has 152 valence electrons. The summed E-state index contributed by atoms with van der Waals surface area (Å²) in [5, 5.41) is 2.64. The van der Waals surface area contributed by atoms with Crippen LogP contribution in [0.15, 0.2) is 72.8 Å². The maximum Gasteiger partial charge on any atom is 0.261 e. The molecule has 0 radical (unpaired) electrons. The number of nitrogens with two attached hydrogens (primary N) is 1. The minimum atomic E-state index is -0.576. The molecule has 0 spiro atoms. The molecule has 0 saturated carbocycles. The van der Waals surface area contributed by atoms with Crippen molar-refractivity contribution in [2.24, 2.45) is 0 Å². The van der Waals surface area contributed by atoms with Gasteiger partial charge >= 0.3 is 0 Å². The first-order chi connectivity index (χ1) is 15.0. The topological polar surface area (TPSA) is 85.8 Å². The average molecular weight is 415 g/mol. The van der Waals surface area contributed by atoms with Crippen molar-refractivity contribution in [1.82, 2.24) is 14.5 Å². The first-order valence-electron chi connectivity index (χ1n) is 9.41. The smallest absolute Gasteiger partial charge is 0.261 e. The zero-order chi connectivity index (χ0) is 21.5. The predicted molar refractivity (Wildman–Crippen MR) is 115 cm³/mol. The maximum atomic E-state index is 13.9. The lowest BCUT2D eigenvalue weighted by molar-refractivity contribution is 0.102. The normalized spacial score (nSPS) is 11.2. The van der Waals surface area contributed by atoms with E-state index in [2.05, 4.69) is 15.3 Å². The van der Waals surface area contributed by atoms with Gasteiger partial charge in [-0.15, -0.1) is 0 Å². The molecule has 0 aliphatic rings. The van der Waals surface area contributed by atoms with Gasteiger partial charge in [0.25, 0.3) is 5.91 Å². The number of aromatic nitrogens is 3. The average Bonchev–Trinajstić information content (AvgIpc) is 3.02. The fraction of sp³-hybridized carbons (Fsp3) is 0. The molecule has 0 aliphatic heterocycles. The quantitative estimate of drug-likeness (QED) is 0.448. The Morgan fingerprint density at radius 3 is 2.26 bits per heavy atom. The van der Waals surface area contributed by atoms with Gasteiger partial charge in [0.1, 0.15) is 28.5 Å². The third kappa shape index (κ3) is 3.24. The zero-order valence-corrected chi connectivity index (χ0v) is 16.0. The molecule has 8 heteroatoms. The number of nitrogen functional groups attached to an aromatic ring is 1. The van der Waals surface area contributed by atoms with E-state index in [0.29, 0.717) is 22.4 Å². The summed E-state index contributed by atoms with van der Waals surface area (Å²) in [6.07, 6.45) is 0. The van der Waals surface area contributed by atoms with Gasteiger partial charge < -0.3 is 11.1 Å². The van der Waals surface area contributed by atoms with Crippen LogP contribution >= 0.6 is 0 Å². The number of hydrogen-bond acceptors (Lipinski definition) is 4. The van der Waals surface area contributed by atoms with Crippen molar-refractivity contribution < 1.29 is 13.6 Å². The fourth-order valence-electron chi connectivity index (χ4n) is 3.52. The molecular formula is C23H15F2N5O. The first-order valence-corrected chi connectivity index (χ1v) is 9.41. The number of hydrogen-bond donors (Lipinski definition) is 2. The number of nitrogens with zero attached hydrogens (tertiary/aromatic N) is 3. The summed E-state index contributed by atoms with van der Waals surface area (Å²) in [5.41, 5.74) is 8.85. The Labute approximate surface area is 175 Å². The van der Waals surface area contributed by atoms with Gasteiger partial charge in [-0.3, -0.25) is 9.36 Å². The molecule has 2 heterocycles. The second-order valence-corrected chi connectivity index (χ2v) is 6.92. The van der Waals surface area contributed by atoms with Gasteiger partial charge in [-0.2, -0.15) is 0 Å². The van der Waals surface area contributed by atoms with Crippen molar-refractivity contribution in [2.75, 3.05) is 11.1 Å². The van der Waals surface area contributed by atoms with E-state index in [1.54, 1.807) is 24.3 Å². The molecule has 0 aliphatic carbocycles. The Morgan fingerprint density at radius 2 is 1.55 bits per heavy atom. The molecule has 0 fully saturated rings. The van der Waals surface area contributed by atoms with Gasteiger partial charge in [0.05, 0.1) is 16.7 Å². The Bertz CT molecular complexity index is 1480. The lowest BCUT2D eigenvalue weighted by Gasteiger charge is -2.08. The van der Waals surface area contributed by atoms with Crippen molar-refractivity contribution in [3.63, 3.8) is 0 Å². The van der Waals surface area contributed by atoms with E-state index in [1.165, 1.54) is 41.0 Å². The largest absolute Gasteiger partial charge is 0.384 e. The van der Waals surface area contributed by atoms with Crippen LogP contribution in [0.25, 0.3) is 27.9 Å². The highest BCUT2D eigenvalue weighted by Crippen LogP contribution is 2.31. The molecule has 5 aromatic rings. The SMILES string of the molecule is Nc1c(C(=O)Nc2cccc(F)c2)c2nc3ccccc3nc2n1-c1cccc(F)c1. The van der Waals surface area contributed by atoms with Crippen LogP contribution in [0.4, 0.5) is 20.3 Å². The highest BCUT2D eigenvalue weighted by molar-refractivity contribution is 6.16. The van der Waals surface area contributed by atoms with Gasteiger partial charge in [0, 0.05) is 5.69 Å². The van der Waals surface area contributed by atoms with Crippen LogP contribution in [0.5, 0.6) is 0 Å². The Kier molecular flexibility index (Phi) is 4.32. The molecule has 2 aromatic heterocycles. The molecule has 0 bridgehead atoms. The summed E-state index contributed by atoms with van der Waals surface area (Å²) in [5.74, 6) is -1.48. The number of benzene rings is 3. The van der Waals surface area contributed by atoms with Gasteiger partial charge in [-0.25, -0.2) is 18.7 Å². The zero-order valence-electron chi connectivity index (χ0n) is 16.0. The van der Waals surface area contributed by atoms with Gasteiger partial charge in [0.15, 0.2) is 5.65 Å². The maximum absolute atomic E-state index is 13.9. The molecule has 0 unspecified atom stereocenters. The highest BCUT2D eigenvalue weighted by atomic mass is 19.1. The summed E-state index contributed by atoms with van der Waals surface area (Å²) in [6, 6.07) is 18.5. The summed E-state index contributed by atoms with van der Waals surface area (Å²) in [7, 11) is 0. The number of para-hydroxylation sites is 2. The van der Waals surface area contributed by atoms with E-state index in [0.717, 1.165) is 0 Å². The van der Waals surface area contributed by atoms with Gasteiger partial charge in [0.2, 0.25) is 0 Å². The molecule has 5 rings (SSSR count). The first kappa shape index (κ1) is 18.7. The lowest BCUT2D eigenvalue weighted by atomic mass is 10.2. The van der Waals surface area contributed by atoms with Crippen LogP contribution in [0, 0.1) is 11.6 Å². The monoisotopic (exact) mass is 415 g/mol. The van der Waals surface area contributed by atoms with Crippen molar-refractivity contribution >= 4 is 39.6 Å². The highest BCUT2D eigenvalue weighted by Gasteiger charge is 2.25. The van der Waals surface area contributed by atoms with Crippen molar-refractivity contribution in [3.05, 3.63) is 90.0 Å². The van der Waals surface area contributed by atoms with Crippen LogP contribution in [0.2, 0.25) is 0 Å². The third-order valence-electron chi connectivity index (χ3n) is 4.87. The number of carbonyl (C=O) groups is 1. The second-order valence-electron chi connectivity index (χ2n) is 6.92. The fourth-order valence-corrected chi connectivity index (χ4v) is 3.52. The van der Waals surface area contributed by atoms with E-state index in [-0.39, 0.29) is 22.6 Å². The van der Waals surface area contributed by atoms with Crippen LogP contribution in [0.3, 0.4) is 0 Å². The van der Waals surface area contributed by atoms with Crippen LogP contribution in [-0.2, 0) is 0 Å². The predicted octanol–water partition coefficient (Wildman–Crippen LogP) is 4.69. The third-order valence-corrected chi connectivity index (χ3v) is 4.87. The number of fused-ring (bicyclic) bond motifs is 2. The van der Waals surface area contributed by atoms with Crippen LogP contribution in [0.1, 0.15) is 10.4 Å². The number of anilines is 2. The molecular weight excluding hydrogens is 400 g/mol. The Hall–Kier alpha value is -4.33. The number of halogens is 2. The number of amides is 1. The molecule has 6 nitrogen and oxygen atoms in total. The van der Waals surface area contributed by atoms with Crippen molar-refractivity contribution in [1.29, 1.82) is 0 Å². The lowest BCUT2D eigenvalue weighted by Crippen LogP contribution is -2.14. The minimum absolute atomic E-state index is 0.0461. The second kappa shape index (κ2) is 7.17. The van der Waals surface area contributed by atoms with E-state index < -0.39 is 17.5 Å². The van der Waals surface area contributed by atoms with E-state index in [9.17, 15) is 13.6 Å². The summed E-state index contributed by atoms with van der Waals surface area (Å²) in [6.45, 7) is 0. The van der Waals surface area contributed by atoms with Gasteiger partial charge in [-0.1, -0.05) is 24.3 Å². The minimum Gasteiger partial charge on any atom is -0.384 e. The Balaban J connectivity index is 1.76. The molecule has 0 atom stereocenters. The van der Waals surface area contributed by atoms with Crippen molar-refractivity contribution in [2.45, 2.75) is 0 Å². The van der Waals surface area contributed by atoms with Gasteiger partial charge in [-0.05, 0) is 48.5 Å². The molecule has 3 aromatic carbocycles. The summed E-state index contributed by atoms with van der Waals surface area (Å²) >= 11 is 0. The number of carbonyl (C=O) groups excluding carboxylic acids is 1. The van der Waals surface area contributed by atoms with E-state index in [4.69, 9.17) is 5.73 Å². The summed E-state index contributed by atoms with van der Waals surface area (Å²) in [4.78, 5) is 22.4. The molecule has 31 heavy (non-hydrogen) atoms.